The van der Waals surface area contributed by atoms with E-state index in [1.54, 1.807) is 7.05 Å². The summed E-state index contributed by atoms with van der Waals surface area (Å²) in [4.78, 5) is 4.25. The van der Waals surface area contributed by atoms with Crippen LogP contribution in [0.1, 0.15) is 32.3 Å². The van der Waals surface area contributed by atoms with E-state index in [0.717, 1.165) is 0 Å². The smallest absolute Gasteiger partial charge is 0.191 e. The molecule has 7 heteroatoms. The summed E-state index contributed by atoms with van der Waals surface area (Å²) in [6, 6.07) is 10.3. The van der Waals surface area contributed by atoms with Gasteiger partial charge in [-0.15, -0.1) is 0 Å². The lowest BCUT2D eigenvalue weighted by Crippen LogP contribution is -2.54. The Morgan fingerprint density at radius 1 is 1.19 bits per heavy atom. The molecule has 0 radical (unpaired) electrons. The number of rotatable bonds is 6. The molecule has 0 saturated carbocycles. The Bertz CT molecular complexity index is 709. The lowest BCUT2D eigenvalue weighted by atomic mass is 9.85. The van der Waals surface area contributed by atoms with Gasteiger partial charge in [-0.05, 0) is 18.4 Å². The Morgan fingerprint density at radius 2 is 1.81 bits per heavy atom. The van der Waals surface area contributed by atoms with Gasteiger partial charge in [0.05, 0.1) is 4.75 Å². The van der Waals surface area contributed by atoms with Crippen LogP contribution in [0.5, 0.6) is 0 Å². The van der Waals surface area contributed by atoms with Crippen LogP contribution >= 0.6 is 0 Å². The number of nitrogens with zero attached hydrogens (tertiary/aromatic N) is 1. The van der Waals surface area contributed by atoms with Gasteiger partial charge in [-0.3, -0.25) is 4.99 Å². The second-order valence-corrected chi connectivity index (χ2v) is 10.0. The van der Waals surface area contributed by atoms with Gasteiger partial charge in [0.1, 0.15) is 0 Å². The summed E-state index contributed by atoms with van der Waals surface area (Å²) in [6.45, 7) is 6.30. The Hall–Kier alpha value is -1.60. The Labute approximate surface area is 157 Å². The topological polar surface area (TPSA) is 79.8 Å². The Balaban J connectivity index is 1.99. The van der Waals surface area contributed by atoms with E-state index < -0.39 is 14.6 Å². The first-order chi connectivity index (χ1) is 12.2. The molecule has 6 nitrogen and oxygen atoms in total. The zero-order valence-electron chi connectivity index (χ0n) is 16.2. The van der Waals surface area contributed by atoms with E-state index in [4.69, 9.17) is 4.74 Å². The van der Waals surface area contributed by atoms with Gasteiger partial charge in [-0.2, -0.15) is 0 Å². The molecule has 1 heterocycles. The quantitative estimate of drug-likeness (QED) is 0.579. The van der Waals surface area contributed by atoms with Crippen molar-refractivity contribution in [3.05, 3.63) is 35.9 Å². The molecule has 1 aliphatic heterocycles. The number of sulfone groups is 1. The van der Waals surface area contributed by atoms with Crippen molar-refractivity contribution in [3.8, 4) is 0 Å². The fourth-order valence-electron chi connectivity index (χ4n) is 3.18. The molecule has 2 N–H and O–H groups in total. The van der Waals surface area contributed by atoms with Gasteiger partial charge in [-0.1, -0.05) is 44.2 Å². The highest BCUT2D eigenvalue weighted by Crippen LogP contribution is 2.28. The van der Waals surface area contributed by atoms with Crippen LogP contribution < -0.4 is 10.6 Å². The van der Waals surface area contributed by atoms with E-state index in [1.165, 1.54) is 11.8 Å². The standard InChI is InChI=1S/C19H31N3O3S/c1-18(2,16-8-6-5-7-9-16)14-21-17(20-3)22-15-19(26(4,23)24)10-12-25-13-11-19/h5-9H,10-15H2,1-4H3,(H2,20,21,22). The number of hydrogen-bond acceptors (Lipinski definition) is 4. The minimum atomic E-state index is -3.20. The van der Waals surface area contributed by atoms with Gasteiger partial charge in [0.2, 0.25) is 0 Å². The van der Waals surface area contributed by atoms with Crippen molar-refractivity contribution in [2.75, 3.05) is 39.6 Å². The number of ether oxygens (including phenoxy) is 1. The van der Waals surface area contributed by atoms with Gasteiger partial charge in [-0.25, -0.2) is 8.42 Å². The van der Waals surface area contributed by atoms with Gasteiger partial charge in [0.25, 0.3) is 0 Å². The predicted molar refractivity (Wildman–Crippen MR) is 106 cm³/mol. The second-order valence-electron chi connectivity index (χ2n) is 7.60. The molecule has 0 aromatic heterocycles. The summed E-state index contributed by atoms with van der Waals surface area (Å²) in [5.74, 6) is 0.614. The normalized spacial score (nSPS) is 18.4. The number of guanidine groups is 1. The maximum Gasteiger partial charge on any atom is 0.191 e. The largest absolute Gasteiger partial charge is 0.381 e. The van der Waals surface area contributed by atoms with Gasteiger partial charge < -0.3 is 15.4 Å². The minimum Gasteiger partial charge on any atom is -0.381 e. The molecule has 1 saturated heterocycles. The van der Waals surface area contributed by atoms with Crippen LogP contribution in [-0.4, -0.2) is 58.7 Å². The van der Waals surface area contributed by atoms with Crippen LogP contribution in [0.3, 0.4) is 0 Å². The molecule has 0 spiro atoms. The van der Waals surface area contributed by atoms with Crippen molar-refractivity contribution < 1.29 is 13.2 Å². The maximum atomic E-state index is 12.4. The number of aliphatic imine (C=N–C) groups is 1. The third-order valence-corrected chi connectivity index (χ3v) is 7.37. The van der Waals surface area contributed by atoms with Gasteiger partial charge >= 0.3 is 0 Å². The van der Waals surface area contributed by atoms with Gasteiger partial charge in [0, 0.05) is 45.0 Å². The Morgan fingerprint density at radius 3 is 2.35 bits per heavy atom. The zero-order chi connectivity index (χ0) is 19.3. The highest BCUT2D eigenvalue weighted by atomic mass is 32.2. The Kier molecular flexibility index (Phi) is 6.69. The summed E-state index contributed by atoms with van der Waals surface area (Å²) in [5, 5.41) is 6.54. The average molecular weight is 382 g/mol. The summed E-state index contributed by atoms with van der Waals surface area (Å²) >= 11 is 0. The number of hydrogen-bond donors (Lipinski definition) is 2. The summed E-state index contributed by atoms with van der Waals surface area (Å²) < 4.78 is 29.3. The first-order valence-corrected chi connectivity index (χ1v) is 10.9. The van der Waals surface area contributed by atoms with Crippen LogP contribution in [0, 0.1) is 0 Å². The highest BCUT2D eigenvalue weighted by Gasteiger charge is 2.42. The molecule has 26 heavy (non-hydrogen) atoms. The van der Waals surface area contributed by atoms with E-state index in [0.29, 0.717) is 45.1 Å². The fraction of sp³-hybridized carbons (Fsp3) is 0.632. The molecular weight excluding hydrogens is 350 g/mol. The monoisotopic (exact) mass is 381 g/mol. The molecule has 1 aliphatic rings. The third-order valence-electron chi connectivity index (χ3n) is 5.25. The van der Waals surface area contributed by atoms with E-state index >= 15 is 0 Å². The van der Waals surface area contributed by atoms with E-state index in [1.807, 2.05) is 18.2 Å². The molecule has 1 aromatic carbocycles. The van der Waals surface area contributed by atoms with Crippen molar-refractivity contribution in [2.24, 2.45) is 4.99 Å². The van der Waals surface area contributed by atoms with Crippen LogP contribution in [0.2, 0.25) is 0 Å². The molecule has 1 fully saturated rings. The second kappa shape index (κ2) is 8.39. The molecule has 2 rings (SSSR count). The molecule has 0 atom stereocenters. The van der Waals surface area contributed by atoms with Crippen LogP contribution in [0.15, 0.2) is 35.3 Å². The van der Waals surface area contributed by atoms with Crippen molar-refractivity contribution in [2.45, 2.75) is 36.9 Å². The van der Waals surface area contributed by atoms with E-state index in [9.17, 15) is 8.42 Å². The SMILES string of the molecule is CN=C(NCC(C)(C)c1ccccc1)NCC1(S(C)(=O)=O)CCOCC1. The lowest BCUT2D eigenvalue weighted by Gasteiger charge is -2.36. The van der Waals surface area contributed by atoms with Gasteiger partial charge in [0.15, 0.2) is 15.8 Å². The van der Waals surface area contributed by atoms with Crippen molar-refractivity contribution in [3.63, 3.8) is 0 Å². The molecule has 0 aliphatic carbocycles. The number of benzene rings is 1. The van der Waals surface area contributed by atoms with Crippen LogP contribution in [-0.2, 0) is 20.0 Å². The average Bonchev–Trinajstić information content (AvgIpc) is 2.62. The number of nitrogens with one attached hydrogen (secondary N) is 2. The summed E-state index contributed by atoms with van der Waals surface area (Å²) in [5.41, 5.74) is 1.16. The lowest BCUT2D eigenvalue weighted by molar-refractivity contribution is 0.0756. The molecular formula is C19H31N3O3S. The molecule has 0 bridgehead atoms. The van der Waals surface area contributed by atoms with Crippen molar-refractivity contribution >= 4 is 15.8 Å². The summed E-state index contributed by atoms with van der Waals surface area (Å²) in [7, 11) is -1.51. The predicted octanol–water partition coefficient (Wildman–Crippen LogP) is 1.72. The molecule has 146 valence electrons. The zero-order valence-corrected chi connectivity index (χ0v) is 17.0. The molecule has 0 unspecified atom stereocenters. The molecule has 1 aromatic rings. The van der Waals surface area contributed by atoms with E-state index in [-0.39, 0.29) is 5.41 Å². The third kappa shape index (κ3) is 4.98. The fourth-order valence-corrected chi connectivity index (χ4v) is 4.43. The minimum absolute atomic E-state index is 0.0773. The summed E-state index contributed by atoms with van der Waals surface area (Å²) in [6.07, 6.45) is 2.32. The first kappa shape index (κ1) is 20.7. The highest BCUT2D eigenvalue weighted by molar-refractivity contribution is 7.92. The molecule has 0 amide bonds. The van der Waals surface area contributed by atoms with Crippen LogP contribution in [0.4, 0.5) is 0 Å². The van der Waals surface area contributed by atoms with Crippen molar-refractivity contribution in [1.82, 2.24) is 10.6 Å². The van der Waals surface area contributed by atoms with Crippen molar-refractivity contribution in [1.29, 1.82) is 0 Å². The first-order valence-electron chi connectivity index (χ1n) is 8.98. The van der Waals surface area contributed by atoms with Crippen LogP contribution in [0.25, 0.3) is 0 Å². The van der Waals surface area contributed by atoms with E-state index in [2.05, 4.69) is 41.6 Å². The maximum absolute atomic E-state index is 12.4.